The summed E-state index contributed by atoms with van der Waals surface area (Å²) in [6, 6.07) is 0.574. The van der Waals surface area contributed by atoms with Crippen molar-refractivity contribution < 1.29 is 18.0 Å². The van der Waals surface area contributed by atoms with Gasteiger partial charge in [0.2, 0.25) is 0 Å². The van der Waals surface area contributed by atoms with Crippen molar-refractivity contribution in [1.29, 1.82) is 0 Å². The molecular weight excluding hydrogens is 241 g/mol. The minimum Gasteiger partial charge on any atom is -0.348 e. The van der Waals surface area contributed by atoms with E-state index >= 15 is 0 Å². The monoisotopic (exact) mass is 252 g/mol. The highest BCUT2D eigenvalue weighted by atomic mass is 32.1. The van der Waals surface area contributed by atoms with Crippen molar-refractivity contribution in [3.8, 4) is 0 Å². The number of nitrogens with one attached hydrogen (secondary N) is 1. The second kappa shape index (κ2) is 4.84. The van der Waals surface area contributed by atoms with Gasteiger partial charge in [0.05, 0.1) is 5.56 Å². The Balaban J connectivity index is 2.75. The smallest absolute Gasteiger partial charge is 0.348 e. The fourth-order valence-electron chi connectivity index (χ4n) is 0.970. The van der Waals surface area contributed by atoms with Crippen molar-refractivity contribution in [1.82, 2.24) is 5.32 Å². The molecule has 1 amide bonds. The normalized spacial score (nSPS) is 13.6. The van der Waals surface area contributed by atoms with Crippen molar-refractivity contribution in [2.45, 2.75) is 19.1 Å². The predicted octanol–water partition coefficient (Wildman–Crippen LogP) is 1.84. The largest absolute Gasteiger partial charge is 0.425 e. The molecule has 0 radical (unpaired) electrons. The minimum atomic E-state index is -4.40. The number of amides is 1. The number of halogens is 3. The lowest BCUT2D eigenvalue weighted by atomic mass is 10.2. The summed E-state index contributed by atoms with van der Waals surface area (Å²) in [7, 11) is 0. The van der Waals surface area contributed by atoms with Gasteiger partial charge in [-0.3, -0.25) is 4.79 Å². The first kappa shape index (κ1) is 13.0. The van der Waals surface area contributed by atoms with Crippen molar-refractivity contribution in [2.24, 2.45) is 5.73 Å². The van der Waals surface area contributed by atoms with E-state index in [4.69, 9.17) is 5.73 Å². The number of alkyl halides is 3. The third-order valence-electron chi connectivity index (χ3n) is 1.87. The van der Waals surface area contributed by atoms with E-state index in [2.05, 4.69) is 5.32 Å². The van der Waals surface area contributed by atoms with Gasteiger partial charge in [0.15, 0.2) is 0 Å². The van der Waals surface area contributed by atoms with Crippen molar-refractivity contribution in [2.75, 3.05) is 6.54 Å². The summed E-state index contributed by atoms with van der Waals surface area (Å²) in [4.78, 5) is 10.6. The molecule has 90 valence electrons. The maximum atomic E-state index is 12.3. The number of nitrogens with two attached hydrogens (primary N) is 1. The fraction of sp³-hybridized carbons (Fsp3) is 0.444. The second-order valence-corrected chi connectivity index (χ2v) is 4.22. The van der Waals surface area contributed by atoms with Gasteiger partial charge in [-0.25, -0.2) is 0 Å². The number of rotatable bonds is 3. The Hall–Kier alpha value is -1.08. The average Bonchev–Trinajstić information content (AvgIpc) is 2.65. The van der Waals surface area contributed by atoms with Crippen LogP contribution in [0.15, 0.2) is 11.4 Å². The maximum Gasteiger partial charge on any atom is 0.425 e. The minimum absolute atomic E-state index is 0.0117. The third kappa shape index (κ3) is 3.21. The van der Waals surface area contributed by atoms with Gasteiger partial charge in [-0.2, -0.15) is 13.2 Å². The van der Waals surface area contributed by atoms with E-state index in [1.807, 2.05) is 0 Å². The first-order valence-corrected chi connectivity index (χ1v) is 5.39. The lowest BCUT2D eigenvalue weighted by Crippen LogP contribution is -2.37. The van der Waals surface area contributed by atoms with Gasteiger partial charge < -0.3 is 11.1 Å². The van der Waals surface area contributed by atoms with Crippen LogP contribution >= 0.6 is 11.3 Å². The number of hydrogen-bond acceptors (Lipinski definition) is 3. The van der Waals surface area contributed by atoms with Crippen LogP contribution < -0.4 is 11.1 Å². The lowest BCUT2D eigenvalue weighted by molar-refractivity contribution is -0.134. The van der Waals surface area contributed by atoms with Gasteiger partial charge >= 0.3 is 6.18 Å². The highest BCUT2D eigenvalue weighted by Gasteiger charge is 2.33. The number of thiophene rings is 1. The molecule has 1 atom stereocenters. The van der Waals surface area contributed by atoms with Crippen LogP contribution in [0.4, 0.5) is 13.2 Å². The van der Waals surface area contributed by atoms with Crippen LogP contribution in [0.3, 0.4) is 0 Å². The molecule has 0 fully saturated rings. The number of hydrogen-bond donors (Lipinski definition) is 2. The average molecular weight is 252 g/mol. The van der Waals surface area contributed by atoms with Gasteiger partial charge in [-0.05, 0) is 13.0 Å². The van der Waals surface area contributed by atoms with Crippen molar-refractivity contribution in [3.63, 3.8) is 0 Å². The molecule has 7 heteroatoms. The van der Waals surface area contributed by atoms with Crippen LogP contribution in [0.25, 0.3) is 0 Å². The summed E-state index contributed by atoms with van der Waals surface area (Å²) >= 11 is 0.502. The molecule has 1 heterocycles. The molecule has 1 aromatic heterocycles. The Labute approximate surface area is 94.4 Å². The molecule has 0 bridgehead atoms. The molecular formula is C9H11F3N2OS. The third-order valence-corrected chi connectivity index (χ3v) is 2.85. The van der Waals surface area contributed by atoms with Crippen LogP contribution in [-0.2, 0) is 6.18 Å². The van der Waals surface area contributed by atoms with Gasteiger partial charge in [0.25, 0.3) is 5.91 Å². The quantitative estimate of drug-likeness (QED) is 0.862. The lowest BCUT2D eigenvalue weighted by Gasteiger charge is -2.09. The Morgan fingerprint density at radius 2 is 2.25 bits per heavy atom. The Morgan fingerprint density at radius 1 is 1.62 bits per heavy atom. The van der Waals surface area contributed by atoms with E-state index in [-0.39, 0.29) is 18.2 Å². The van der Waals surface area contributed by atoms with Gasteiger partial charge in [0, 0.05) is 18.0 Å². The molecule has 1 aromatic rings. The predicted molar refractivity (Wildman–Crippen MR) is 55.3 cm³/mol. The van der Waals surface area contributed by atoms with Gasteiger partial charge in [-0.1, -0.05) is 0 Å². The summed E-state index contributed by atoms with van der Waals surface area (Å²) in [6.07, 6.45) is -4.40. The summed E-state index contributed by atoms with van der Waals surface area (Å²) in [5.74, 6) is -0.537. The molecule has 0 saturated heterocycles. The zero-order valence-corrected chi connectivity index (χ0v) is 9.28. The zero-order chi connectivity index (χ0) is 12.3. The first-order valence-electron chi connectivity index (χ1n) is 4.51. The molecule has 0 aromatic carbocycles. The molecule has 3 nitrogen and oxygen atoms in total. The van der Waals surface area contributed by atoms with E-state index in [9.17, 15) is 18.0 Å². The van der Waals surface area contributed by atoms with E-state index in [1.54, 1.807) is 6.92 Å². The van der Waals surface area contributed by atoms with Crippen LogP contribution in [0.2, 0.25) is 0 Å². The fourth-order valence-corrected chi connectivity index (χ4v) is 1.73. The van der Waals surface area contributed by atoms with E-state index in [1.165, 1.54) is 5.38 Å². The van der Waals surface area contributed by atoms with Gasteiger partial charge in [-0.15, -0.1) is 11.3 Å². The molecule has 3 N–H and O–H groups in total. The second-order valence-electron chi connectivity index (χ2n) is 3.31. The molecule has 0 aliphatic rings. The maximum absolute atomic E-state index is 12.3. The Morgan fingerprint density at radius 3 is 2.69 bits per heavy atom. The highest BCUT2D eigenvalue weighted by molar-refractivity contribution is 7.10. The van der Waals surface area contributed by atoms with Crippen LogP contribution in [0, 0.1) is 0 Å². The topological polar surface area (TPSA) is 55.1 Å². The van der Waals surface area contributed by atoms with E-state index < -0.39 is 17.0 Å². The molecule has 0 aliphatic heterocycles. The summed E-state index contributed by atoms with van der Waals surface area (Å²) in [5.41, 5.74) is 5.29. The van der Waals surface area contributed by atoms with Crippen LogP contribution in [0.5, 0.6) is 0 Å². The first-order chi connectivity index (χ1) is 7.34. The Bertz CT molecular complexity index is 375. The van der Waals surface area contributed by atoms with E-state index in [0.29, 0.717) is 11.3 Å². The number of carbonyl (C=O) groups excluding carboxylic acids is 1. The van der Waals surface area contributed by atoms with Gasteiger partial charge in [0.1, 0.15) is 4.88 Å². The summed E-state index contributed by atoms with van der Waals surface area (Å²) in [5, 5.41) is 3.67. The molecule has 1 unspecified atom stereocenters. The van der Waals surface area contributed by atoms with Crippen molar-refractivity contribution in [3.05, 3.63) is 21.9 Å². The highest BCUT2D eigenvalue weighted by Crippen LogP contribution is 2.33. The SMILES string of the molecule is CC(CN)NC(=O)c1csc(C(F)(F)F)c1. The zero-order valence-electron chi connectivity index (χ0n) is 8.47. The molecule has 0 aliphatic carbocycles. The van der Waals surface area contributed by atoms with Crippen LogP contribution in [0.1, 0.15) is 22.2 Å². The van der Waals surface area contributed by atoms with Crippen molar-refractivity contribution >= 4 is 17.2 Å². The molecule has 0 saturated carbocycles. The van der Waals surface area contributed by atoms with E-state index in [0.717, 1.165) is 6.07 Å². The molecule has 0 spiro atoms. The Kier molecular flexibility index (Phi) is 3.93. The summed E-state index contributed by atoms with van der Waals surface area (Å²) in [6.45, 7) is 1.91. The van der Waals surface area contributed by atoms with Crippen LogP contribution in [-0.4, -0.2) is 18.5 Å². The summed E-state index contributed by atoms with van der Waals surface area (Å²) < 4.78 is 36.8. The standard InChI is InChI=1S/C9H11F3N2OS/c1-5(3-13)14-8(15)6-2-7(16-4-6)9(10,11)12/h2,4-5H,3,13H2,1H3,(H,14,15). The number of carbonyl (C=O) groups is 1. The molecule has 16 heavy (non-hydrogen) atoms. The molecule has 1 rings (SSSR count).